The van der Waals surface area contributed by atoms with Gasteiger partial charge in [0.05, 0.1) is 0 Å². The molecule has 0 radical (unpaired) electrons. The zero-order chi connectivity index (χ0) is 13.3. The maximum absolute atomic E-state index is 11.8. The van der Waals surface area contributed by atoms with Gasteiger partial charge in [-0.1, -0.05) is 60.7 Å². The molecule has 0 fully saturated rings. The molecule has 19 heavy (non-hydrogen) atoms. The smallest absolute Gasteiger partial charge is 0.164 e. The van der Waals surface area contributed by atoms with E-state index in [4.69, 9.17) is 0 Å². The molecule has 2 rings (SSSR count). The number of carbonyl (C=O) groups is 1. The maximum atomic E-state index is 11.8. The Morgan fingerprint density at radius 1 is 0.842 bits per heavy atom. The van der Waals surface area contributed by atoms with E-state index in [9.17, 15) is 4.79 Å². The molecule has 0 spiro atoms. The first-order valence-electron chi connectivity index (χ1n) is 6.44. The lowest BCUT2D eigenvalue weighted by Gasteiger charge is -2.06. The Morgan fingerprint density at radius 2 is 1.47 bits per heavy atom. The van der Waals surface area contributed by atoms with Gasteiger partial charge in [0.1, 0.15) is 0 Å². The van der Waals surface area contributed by atoms with Gasteiger partial charge in [0, 0.05) is 25.1 Å². The molecule has 0 aromatic heterocycles. The van der Waals surface area contributed by atoms with Crippen LogP contribution in [0.2, 0.25) is 0 Å². The molecule has 0 aliphatic heterocycles. The predicted octanol–water partition coefficient (Wildman–Crippen LogP) is 2.55. The highest BCUT2D eigenvalue weighted by atomic mass is 16.1. The third-order valence-electron chi connectivity index (χ3n) is 2.83. The summed E-state index contributed by atoms with van der Waals surface area (Å²) in [5, 5.41) is 0. The second-order valence-corrected chi connectivity index (χ2v) is 4.31. The van der Waals surface area contributed by atoms with Crippen LogP contribution in [-0.2, 0) is 6.54 Å². The normalized spacial score (nSPS) is 10.3. The predicted molar refractivity (Wildman–Crippen MR) is 76.7 cm³/mol. The monoisotopic (exact) mass is 254 g/mol. The molecule has 3 heteroatoms. The van der Waals surface area contributed by atoms with Crippen molar-refractivity contribution in [2.45, 2.75) is 13.0 Å². The topological polar surface area (TPSA) is 41.1 Å². The van der Waals surface area contributed by atoms with Gasteiger partial charge in [0.25, 0.3) is 0 Å². The Morgan fingerprint density at radius 3 is 2.16 bits per heavy atom. The summed E-state index contributed by atoms with van der Waals surface area (Å²) in [7, 11) is 0. The number of ketones is 1. The molecular formula is C16H18N2O. The van der Waals surface area contributed by atoms with E-state index in [-0.39, 0.29) is 5.78 Å². The Hall–Kier alpha value is -1.97. The van der Waals surface area contributed by atoms with E-state index in [1.165, 1.54) is 5.56 Å². The van der Waals surface area contributed by atoms with Crippen molar-refractivity contribution in [1.82, 2.24) is 10.9 Å². The summed E-state index contributed by atoms with van der Waals surface area (Å²) >= 11 is 0. The molecule has 0 saturated carbocycles. The highest BCUT2D eigenvalue weighted by molar-refractivity contribution is 5.96. The Balaban J connectivity index is 1.63. The highest BCUT2D eigenvalue weighted by Gasteiger charge is 2.03. The number of hydrogen-bond donors (Lipinski definition) is 2. The van der Waals surface area contributed by atoms with Crippen LogP contribution in [0.3, 0.4) is 0 Å². The molecule has 3 nitrogen and oxygen atoms in total. The van der Waals surface area contributed by atoms with E-state index in [1.807, 2.05) is 48.5 Å². The van der Waals surface area contributed by atoms with Gasteiger partial charge in [-0.25, -0.2) is 0 Å². The quantitative estimate of drug-likeness (QED) is 0.453. The molecule has 0 heterocycles. The van der Waals surface area contributed by atoms with Crippen LogP contribution in [0.4, 0.5) is 0 Å². The highest BCUT2D eigenvalue weighted by Crippen LogP contribution is 2.02. The van der Waals surface area contributed by atoms with Crippen molar-refractivity contribution >= 4 is 5.78 Å². The molecule has 0 aliphatic rings. The van der Waals surface area contributed by atoms with Crippen LogP contribution < -0.4 is 10.9 Å². The number of nitrogens with one attached hydrogen (secondary N) is 2. The van der Waals surface area contributed by atoms with E-state index in [2.05, 4.69) is 23.0 Å². The van der Waals surface area contributed by atoms with Gasteiger partial charge in [0.15, 0.2) is 5.78 Å². The third kappa shape index (κ3) is 4.66. The van der Waals surface area contributed by atoms with E-state index >= 15 is 0 Å². The summed E-state index contributed by atoms with van der Waals surface area (Å²) in [4.78, 5) is 11.8. The fourth-order valence-corrected chi connectivity index (χ4v) is 1.79. The lowest BCUT2D eigenvalue weighted by Crippen LogP contribution is -2.32. The summed E-state index contributed by atoms with van der Waals surface area (Å²) in [5.41, 5.74) is 8.15. The van der Waals surface area contributed by atoms with Crippen LogP contribution in [0.1, 0.15) is 22.3 Å². The van der Waals surface area contributed by atoms with E-state index in [0.717, 1.165) is 12.1 Å². The molecule has 0 atom stereocenters. The van der Waals surface area contributed by atoms with Crippen molar-refractivity contribution < 1.29 is 4.79 Å². The molecule has 0 unspecified atom stereocenters. The summed E-state index contributed by atoms with van der Waals surface area (Å²) in [6.45, 7) is 1.38. The van der Waals surface area contributed by atoms with Gasteiger partial charge in [-0.05, 0) is 5.56 Å². The molecule has 0 amide bonds. The third-order valence-corrected chi connectivity index (χ3v) is 2.83. The van der Waals surface area contributed by atoms with Crippen LogP contribution in [0.5, 0.6) is 0 Å². The summed E-state index contributed by atoms with van der Waals surface area (Å²) in [6.07, 6.45) is 0.492. The molecule has 98 valence electrons. The van der Waals surface area contributed by atoms with Gasteiger partial charge in [0.2, 0.25) is 0 Å². The average Bonchev–Trinajstić information content (AvgIpc) is 2.49. The standard InChI is InChI=1S/C16H18N2O/c19-16(15-9-5-2-6-10-15)11-12-17-18-13-14-7-3-1-4-8-14/h1-10,17-18H,11-13H2. The van der Waals surface area contributed by atoms with Crippen LogP contribution in [0, 0.1) is 0 Å². The van der Waals surface area contributed by atoms with Gasteiger partial charge >= 0.3 is 0 Å². The summed E-state index contributed by atoms with van der Waals surface area (Å²) in [6, 6.07) is 19.5. The minimum absolute atomic E-state index is 0.162. The number of hydrazine groups is 1. The van der Waals surface area contributed by atoms with E-state index in [1.54, 1.807) is 0 Å². The Labute approximate surface area is 113 Å². The first-order chi connectivity index (χ1) is 9.36. The van der Waals surface area contributed by atoms with Crippen molar-refractivity contribution in [3.8, 4) is 0 Å². The van der Waals surface area contributed by atoms with Crippen molar-refractivity contribution in [2.75, 3.05) is 6.54 Å². The number of Topliss-reactive ketones (excluding diaryl/α,β-unsaturated/α-hetero) is 1. The molecule has 0 saturated heterocycles. The summed E-state index contributed by atoms with van der Waals surface area (Å²) < 4.78 is 0. The Kier molecular flexibility index (Phi) is 5.29. The minimum Gasteiger partial charge on any atom is -0.294 e. The van der Waals surface area contributed by atoms with Gasteiger partial charge in [-0.3, -0.25) is 15.6 Å². The second-order valence-electron chi connectivity index (χ2n) is 4.31. The molecule has 2 aromatic carbocycles. The Bertz CT molecular complexity index is 497. The van der Waals surface area contributed by atoms with Crippen molar-refractivity contribution in [2.24, 2.45) is 0 Å². The largest absolute Gasteiger partial charge is 0.294 e. The number of benzene rings is 2. The number of hydrogen-bond acceptors (Lipinski definition) is 3. The SMILES string of the molecule is O=C(CCNNCc1ccccc1)c1ccccc1. The first-order valence-corrected chi connectivity index (χ1v) is 6.44. The lowest BCUT2D eigenvalue weighted by atomic mass is 10.1. The second kappa shape index (κ2) is 7.46. The minimum atomic E-state index is 0.162. The zero-order valence-electron chi connectivity index (χ0n) is 10.8. The van der Waals surface area contributed by atoms with Crippen LogP contribution in [0.15, 0.2) is 60.7 Å². The van der Waals surface area contributed by atoms with Gasteiger partial charge < -0.3 is 0 Å². The molecule has 0 aliphatic carbocycles. The lowest BCUT2D eigenvalue weighted by molar-refractivity contribution is 0.0981. The van der Waals surface area contributed by atoms with Crippen molar-refractivity contribution in [3.63, 3.8) is 0 Å². The first kappa shape index (κ1) is 13.5. The van der Waals surface area contributed by atoms with Crippen LogP contribution >= 0.6 is 0 Å². The zero-order valence-corrected chi connectivity index (χ0v) is 10.8. The molecular weight excluding hydrogens is 236 g/mol. The fraction of sp³-hybridized carbons (Fsp3) is 0.188. The number of carbonyl (C=O) groups excluding carboxylic acids is 1. The van der Waals surface area contributed by atoms with Crippen LogP contribution in [0.25, 0.3) is 0 Å². The molecule has 2 N–H and O–H groups in total. The molecule has 2 aromatic rings. The van der Waals surface area contributed by atoms with Gasteiger partial charge in [-0.2, -0.15) is 0 Å². The van der Waals surface area contributed by atoms with E-state index in [0.29, 0.717) is 13.0 Å². The fourth-order valence-electron chi connectivity index (χ4n) is 1.79. The van der Waals surface area contributed by atoms with Crippen LogP contribution in [-0.4, -0.2) is 12.3 Å². The van der Waals surface area contributed by atoms with Gasteiger partial charge in [-0.15, -0.1) is 0 Å². The van der Waals surface area contributed by atoms with Crippen molar-refractivity contribution in [3.05, 3.63) is 71.8 Å². The van der Waals surface area contributed by atoms with Crippen molar-refractivity contribution in [1.29, 1.82) is 0 Å². The molecule has 0 bridgehead atoms. The summed E-state index contributed by atoms with van der Waals surface area (Å²) in [5.74, 6) is 0.162. The number of rotatable bonds is 7. The van der Waals surface area contributed by atoms with E-state index < -0.39 is 0 Å². The average molecular weight is 254 g/mol. The maximum Gasteiger partial charge on any atom is 0.164 e.